The van der Waals surface area contributed by atoms with E-state index in [2.05, 4.69) is 57.2 Å². The number of hydrogen-bond donors (Lipinski definition) is 0. The molecule has 57 heavy (non-hydrogen) atoms. The van der Waals surface area contributed by atoms with Crippen molar-refractivity contribution in [2.75, 3.05) is 13.2 Å². The number of hydrogen-bond acceptors (Lipinski definition) is 6. The Morgan fingerprint density at radius 2 is 0.632 bits per heavy atom. The second-order valence-electron chi connectivity index (χ2n) is 16.4. The number of esters is 3. The van der Waals surface area contributed by atoms with Crippen molar-refractivity contribution in [3.05, 3.63) is 36.5 Å². The first-order valence-corrected chi connectivity index (χ1v) is 24.5. The summed E-state index contributed by atoms with van der Waals surface area (Å²) in [4.78, 5) is 37.7. The van der Waals surface area contributed by atoms with E-state index < -0.39 is 6.10 Å². The highest BCUT2D eigenvalue weighted by Crippen LogP contribution is 2.14. The Kier molecular flexibility index (Phi) is 44.4. The first-order chi connectivity index (χ1) is 28.0. The molecule has 0 aliphatic heterocycles. The van der Waals surface area contributed by atoms with Gasteiger partial charge in [0.15, 0.2) is 6.10 Å². The van der Waals surface area contributed by atoms with E-state index in [1.54, 1.807) is 0 Å². The summed E-state index contributed by atoms with van der Waals surface area (Å²) in [6, 6.07) is 0. The van der Waals surface area contributed by atoms with Crippen LogP contribution in [0.25, 0.3) is 0 Å². The maximum Gasteiger partial charge on any atom is 0.306 e. The van der Waals surface area contributed by atoms with Crippen molar-refractivity contribution in [2.24, 2.45) is 0 Å². The van der Waals surface area contributed by atoms with E-state index in [9.17, 15) is 14.4 Å². The number of carbonyl (C=O) groups is 3. The summed E-state index contributed by atoms with van der Waals surface area (Å²) in [5.74, 6) is -0.888. The molecule has 0 aliphatic rings. The van der Waals surface area contributed by atoms with Crippen LogP contribution in [-0.2, 0) is 28.6 Å². The Hall–Kier alpha value is -2.37. The van der Waals surface area contributed by atoms with Crippen LogP contribution in [0.2, 0.25) is 0 Å². The number of allylic oxidation sites excluding steroid dienone is 6. The van der Waals surface area contributed by atoms with Crippen molar-refractivity contribution in [2.45, 2.75) is 258 Å². The molecule has 0 bridgehead atoms. The molecule has 1 atom stereocenters. The lowest BCUT2D eigenvalue weighted by Gasteiger charge is -2.18. The van der Waals surface area contributed by atoms with Crippen molar-refractivity contribution in [3.8, 4) is 0 Å². The van der Waals surface area contributed by atoms with Crippen LogP contribution in [0.1, 0.15) is 252 Å². The monoisotopic (exact) mass is 801 g/mol. The van der Waals surface area contributed by atoms with Crippen LogP contribution in [0.3, 0.4) is 0 Å². The van der Waals surface area contributed by atoms with Crippen molar-refractivity contribution < 1.29 is 28.6 Å². The molecule has 0 aromatic rings. The SMILES string of the molecule is CCCCC/C=C\C/C=C\CCCCCCCCCCCC(=O)OCC(COC(=O)CCCCCCCCCC)OC(=O)CCCCCCC/C=C\CCCCC. The molecule has 1 unspecified atom stereocenters. The summed E-state index contributed by atoms with van der Waals surface area (Å²) >= 11 is 0. The molecule has 0 saturated carbocycles. The lowest BCUT2D eigenvalue weighted by molar-refractivity contribution is -0.167. The van der Waals surface area contributed by atoms with Gasteiger partial charge < -0.3 is 14.2 Å². The zero-order valence-electron chi connectivity index (χ0n) is 37.9. The third-order valence-corrected chi connectivity index (χ3v) is 10.6. The lowest BCUT2D eigenvalue weighted by atomic mass is 10.1. The van der Waals surface area contributed by atoms with Crippen molar-refractivity contribution in [1.29, 1.82) is 0 Å². The molecular weight excluding hydrogens is 709 g/mol. The minimum absolute atomic E-state index is 0.0750. The third-order valence-electron chi connectivity index (χ3n) is 10.6. The fraction of sp³-hybridized carbons (Fsp3) is 0.824. The predicted molar refractivity (Wildman–Crippen MR) is 242 cm³/mol. The Balaban J connectivity index is 4.26. The summed E-state index contributed by atoms with van der Waals surface area (Å²) < 4.78 is 16.7. The molecule has 0 N–H and O–H groups in total. The number of unbranched alkanes of at least 4 members (excludes halogenated alkanes) is 27. The van der Waals surface area contributed by atoms with Gasteiger partial charge in [-0.05, 0) is 77.0 Å². The molecule has 0 amide bonds. The van der Waals surface area contributed by atoms with Gasteiger partial charge in [-0.2, -0.15) is 0 Å². The molecule has 0 aliphatic carbocycles. The Morgan fingerprint density at radius 3 is 1.02 bits per heavy atom. The van der Waals surface area contributed by atoms with Crippen LogP contribution >= 0.6 is 0 Å². The fourth-order valence-electron chi connectivity index (χ4n) is 6.88. The van der Waals surface area contributed by atoms with Gasteiger partial charge in [-0.15, -0.1) is 0 Å². The van der Waals surface area contributed by atoms with Crippen LogP contribution in [0.4, 0.5) is 0 Å². The summed E-state index contributed by atoms with van der Waals surface area (Å²) in [5.41, 5.74) is 0. The van der Waals surface area contributed by atoms with Gasteiger partial charge in [0.1, 0.15) is 13.2 Å². The van der Waals surface area contributed by atoms with Crippen LogP contribution in [0.5, 0.6) is 0 Å². The largest absolute Gasteiger partial charge is 0.462 e. The van der Waals surface area contributed by atoms with Gasteiger partial charge in [0.2, 0.25) is 0 Å². The molecule has 0 aromatic carbocycles. The van der Waals surface area contributed by atoms with Crippen molar-refractivity contribution >= 4 is 17.9 Å². The topological polar surface area (TPSA) is 78.9 Å². The fourth-order valence-corrected chi connectivity index (χ4v) is 6.88. The maximum absolute atomic E-state index is 12.7. The van der Waals surface area contributed by atoms with Crippen LogP contribution < -0.4 is 0 Å². The molecule has 0 saturated heterocycles. The first-order valence-electron chi connectivity index (χ1n) is 24.5. The number of carbonyl (C=O) groups excluding carboxylic acids is 3. The van der Waals surface area contributed by atoms with E-state index in [0.717, 1.165) is 77.0 Å². The third kappa shape index (κ3) is 44.6. The van der Waals surface area contributed by atoms with Gasteiger partial charge in [0.25, 0.3) is 0 Å². The second kappa shape index (κ2) is 46.3. The van der Waals surface area contributed by atoms with E-state index in [1.807, 2.05) is 0 Å². The van der Waals surface area contributed by atoms with Crippen LogP contribution in [0, 0.1) is 0 Å². The molecule has 0 aromatic heterocycles. The summed E-state index contributed by atoms with van der Waals surface area (Å²) in [6.07, 6.45) is 52.7. The van der Waals surface area contributed by atoms with Crippen LogP contribution in [-0.4, -0.2) is 37.2 Å². The molecule has 0 heterocycles. The highest BCUT2D eigenvalue weighted by molar-refractivity contribution is 5.71. The van der Waals surface area contributed by atoms with Gasteiger partial charge in [0, 0.05) is 19.3 Å². The predicted octanol–water partition coefficient (Wildman–Crippen LogP) is 15.8. The van der Waals surface area contributed by atoms with Gasteiger partial charge in [-0.25, -0.2) is 0 Å². The van der Waals surface area contributed by atoms with Crippen molar-refractivity contribution in [1.82, 2.24) is 0 Å². The Morgan fingerprint density at radius 1 is 0.351 bits per heavy atom. The van der Waals surface area contributed by atoms with Crippen molar-refractivity contribution in [3.63, 3.8) is 0 Å². The summed E-state index contributed by atoms with van der Waals surface area (Å²) in [7, 11) is 0. The summed E-state index contributed by atoms with van der Waals surface area (Å²) in [6.45, 7) is 6.55. The zero-order valence-corrected chi connectivity index (χ0v) is 37.9. The molecule has 0 rings (SSSR count). The summed E-state index contributed by atoms with van der Waals surface area (Å²) in [5, 5.41) is 0. The highest BCUT2D eigenvalue weighted by Gasteiger charge is 2.19. The number of ether oxygens (including phenoxy) is 3. The van der Waals surface area contributed by atoms with E-state index >= 15 is 0 Å². The highest BCUT2D eigenvalue weighted by atomic mass is 16.6. The Labute approximate surface area is 353 Å². The molecular formula is C51H92O6. The zero-order chi connectivity index (χ0) is 41.5. The average molecular weight is 801 g/mol. The second-order valence-corrected chi connectivity index (χ2v) is 16.4. The average Bonchev–Trinajstić information content (AvgIpc) is 3.21. The maximum atomic E-state index is 12.7. The first kappa shape index (κ1) is 54.6. The Bertz CT molecular complexity index is 969. The normalized spacial score (nSPS) is 12.3. The minimum Gasteiger partial charge on any atom is -0.462 e. The molecule has 6 heteroatoms. The molecule has 0 spiro atoms. The molecule has 0 fully saturated rings. The van der Waals surface area contributed by atoms with E-state index in [0.29, 0.717) is 19.3 Å². The molecule has 0 radical (unpaired) electrons. The molecule has 6 nitrogen and oxygen atoms in total. The number of rotatable bonds is 44. The van der Waals surface area contributed by atoms with E-state index in [4.69, 9.17) is 14.2 Å². The van der Waals surface area contributed by atoms with E-state index in [-0.39, 0.29) is 31.1 Å². The molecule has 332 valence electrons. The minimum atomic E-state index is -0.772. The van der Waals surface area contributed by atoms with Gasteiger partial charge in [-0.1, -0.05) is 192 Å². The standard InChI is InChI=1S/C51H92O6/c1-4-7-10-13-16-19-21-23-24-25-26-27-28-29-31-32-35-38-41-44-50(53)56-47-48(46-55-49(52)43-40-37-34-18-15-12-9-6-3)57-51(54)45-42-39-36-33-30-22-20-17-14-11-8-5-2/h16-17,19-20,23-24,48H,4-15,18,21-22,25-47H2,1-3H3/b19-16-,20-17-,24-23-. The van der Waals surface area contributed by atoms with Gasteiger partial charge >= 0.3 is 17.9 Å². The van der Waals surface area contributed by atoms with Crippen LogP contribution in [0.15, 0.2) is 36.5 Å². The quantitative estimate of drug-likeness (QED) is 0.0264. The van der Waals surface area contributed by atoms with Gasteiger partial charge in [0.05, 0.1) is 0 Å². The van der Waals surface area contributed by atoms with E-state index in [1.165, 1.54) is 135 Å². The lowest BCUT2D eigenvalue weighted by Crippen LogP contribution is -2.30. The van der Waals surface area contributed by atoms with Gasteiger partial charge in [-0.3, -0.25) is 14.4 Å². The smallest absolute Gasteiger partial charge is 0.306 e.